The molecular weight excluding hydrogens is 441 g/mol. The summed E-state index contributed by atoms with van der Waals surface area (Å²) in [5, 5.41) is 7.12. The number of carbonyl (C=O) groups excluding carboxylic acids is 1. The van der Waals surface area contributed by atoms with E-state index in [1.165, 1.54) is 6.42 Å². The van der Waals surface area contributed by atoms with E-state index in [9.17, 15) is 18.0 Å². The summed E-state index contributed by atoms with van der Waals surface area (Å²) in [5.41, 5.74) is 0.956. The third-order valence-corrected chi connectivity index (χ3v) is 6.80. The summed E-state index contributed by atoms with van der Waals surface area (Å²) in [6.45, 7) is 3.89. The van der Waals surface area contributed by atoms with E-state index in [1.54, 1.807) is 6.20 Å². The molecule has 1 spiro atoms. The standard InChI is InChI=1S/C21H30N2O3.C2HF3O2/c24-20(17-4-3-5-17)23-12-9-21(10-13-23)18(8-15-26-21)7-14-25-16-19-6-1-2-11-22-19;3-2(4,5)1(6)7/h1-2,6,11,17-18H,3-5,7-10,12-16H2;(H,6,7). The fourth-order valence-corrected chi connectivity index (χ4v) is 4.65. The van der Waals surface area contributed by atoms with E-state index >= 15 is 0 Å². The molecule has 1 aromatic heterocycles. The van der Waals surface area contributed by atoms with Crippen molar-refractivity contribution in [3.8, 4) is 0 Å². The van der Waals surface area contributed by atoms with Crippen molar-refractivity contribution in [2.75, 3.05) is 26.3 Å². The van der Waals surface area contributed by atoms with Gasteiger partial charge in [-0.2, -0.15) is 13.2 Å². The second-order valence-electron chi connectivity index (χ2n) is 8.82. The normalized spacial score (nSPS) is 22.4. The maximum absolute atomic E-state index is 12.5. The number of carbonyl (C=O) groups is 2. The molecule has 1 unspecified atom stereocenters. The molecule has 3 heterocycles. The summed E-state index contributed by atoms with van der Waals surface area (Å²) in [5.74, 6) is -1.51. The van der Waals surface area contributed by atoms with Crippen LogP contribution in [0.3, 0.4) is 0 Å². The van der Waals surface area contributed by atoms with E-state index in [2.05, 4.69) is 9.88 Å². The SMILES string of the molecule is O=C(C1CCC1)N1CCC2(CC1)OCCC2CCOCc1ccccn1.O=C(O)C(F)(F)F. The monoisotopic (exact) mass is 472 g/mol. The van der Waals surface area contributed by atoms with Crippen molar-refractivity contribution in [3.63, 3.8) is 0 Å². The third-order valence-electron chi connectivity index (χ3n) is 6.80. The van der Waals surface area contributed by atoms with Crippen LogP contribution in [0.25, 0.3) is 0 Å². The molecule has 2 aliphatic heterocycles. The Morgan fingerprint density at radius 2 is 1.91 bits per heavy atom. The Kier molecular flexibility index (Phi) is 8.69. The molecule has 3 aliphatic rings. The maximum Gasteiger partial charge on any atom is 0.490 e. The van der Waals surface area contributed by atoms with Gasteiger partial charge in [-0.05, 0) is 56.6 Å². The highest BCUT2D eigenvalue weighted by atomic mass is 19.4. The first-order valence-electron chi connectivity index (χ1n) is 11.4. The largest absolute Gasteiger partial charge is 0.490 e. The summed E-state index contributed by atoms with van der Waals surface area (Å²) < 4.78 is 43.8. The second-order valence-corrected chi connectivity index (χ2v) is 8.82. The molecule has 1 saturated carbocycles. The van der Waals surface area contributed by atoms with Crippen LogP contribution in [0.2, 0.25) is 0 Å². The fourth-order valence-electron chi connectivity index (χ4n) is 4.65. The van der Waals surface area contributed by atoms with Gasteiger partial charge in [0.15, 0.2) is 0 Å². The van der Waals surface area contributed by atoms with Gasteiger partial charge in [-0.1, -0.05) is 12.5 Å². The second kappa shape index (κ2) is 11.3. The number of piperidine rings is 1. The molecule has 1 N–H and O–H groups in total. The number of aliphatic carboxylic acids is 1. The summed E-state index contributed by atoms with van der Waals surface area (Å²) in [4.78, 5) is 27.7. The number of nitrogens with zero attached hydrogens (tertiary/aromatic N) is 2. The van der Waals surface area contributed by atoms with Crippen LogP contribution in [-0.2, 0) is 25.7 Å². The smallest absolute Gasteiger partial charge is 0.475 e. The van der Waals surface area contributed by atoms with Gasteiger partial charge in [0.25, 0.3) is 0 Å². The van der Waals surface area contributed by atoms with Gasteiger partial charge in [0, 0.05) is 38.4 Å². The number of alkyl halides is 3. The number of carboxylic acids is 1. The van der Waals surface area contributed by atoms with Crippen molar-refractivity contribution in [2.45, 2.75) is 63.3 Å². The van der Waals surface area contributed by atoms with Gasteiger partial charge in [-0.25, -0.2) is 4.79 Å². The van der Waals surface area contributed by atoms with E-state index in [0.717, 1.165) is 70.5 Å². The topological polar surface area (TPSA) is 89.0 Å². The van der Waals surface area contributed by atoms with Gasteiger partial charge in [0.2, 0.25) is 5.91 Å². The van der Waals surface area contributed by atoms with Crippen LogP contribution in [0.15, 0.2) is 24.4 Å². The quantitative estimate of drug-likeness (QED) is 0.634. The number of aromatic nitrogens is 1. The molecule has 0 radical (unpaired) electrons. The zero-order valence-corrected chi connectivity index (χ0v) is 18.6. The Balaban J connectivity index is 0.000000383. The summed E-state index contributed by atoms with van der Waals surface area (Å²) in [6.07, 6.45) is 4.23. The Labute approximate surface area is 191 Å². The Hall–Kier alpha value is -2.20. The number of ether oxygens (including phenoxy) is 2. The Morgan fingerprint density at radius 1 is 1.21 bits per heavy atom. The van der Waals surface area contributed by atoms with Crippen molar-refractivity contribution in [1.29, 1.82) is 0 Å². The number of halogens is 3. The summed E-state index contributed by atoms with van der Waals surface area (Å²) in [7, 11) is 0. The first-order chi connectivity index (χ1) is 15.7. The zero-order chi connectivity index (χ0) is 23.9. The molecule has 1 aromatic rings. The van der Waals surface area contributed by atoms with E-state index in [0.29, 0.717) is 24.3 Å². The molecule has 4 rings (SSSR count). The van der Waals surface area contributed by atoms with E-state index in [4.69, 9.17) is 19.4 Å². The molecule has 3 fully saturated rings. The Morgan fingerprint density at radius 3 is 2.45 bits per heavy atom. The molecule has 1 amide bonds. The van der Waals surface area contributed by atoms with Crippen molar-refractivity contribution < 1.29 is 37.3 Å². The average Bonchev–Trinajstić information content (AvgIpc) is 3.12. The first kappa shape index (κ1) is 25.4. The van der Waals surface area contributed by atoms with Gasteiger partial charge in [0.05, 0.1) is 17.9 Å². The number of hydrogen-bond acceptors (Lipinski definition) is 5. The maximum atomic E-state index is 12.5. The van der Waals surface area contributed by atoms with Crippen LogP contribution >= 0.6 is 0 Å². The molecule has 0 aromatic carbocycles. The van der Waals surface area contributed by atoms with Crippen LogP contribution < -0.4 is 0 Å². The van der Waals surface area contributed by atoms with Crippen molar-refractivity contribution in [1.82, 2.24) is 9.88 Å². The molecular formula is C23H31F3N2O5. The minimum atomic E-state index is -5.08. The van der Waals surface area contributed by atoms with E-state index in [-0.39, 0.29) is 5.60 Å². The highest BCUT2D eigenvalue weighted by molar-refractivity contribution is 5.79. The summed E-state index contributed by atoms with van der Waals surface area (Å²) >= 11 is 0. The van der Waals surface area contributed by atoms with Gasteiger partial charge in [-0.3, -0.25) is 9.78 Å². The Bertz CT molecular complexity index is 778. The minimum absolute atomic E-state index is 0.0231. The van der Waals surface area contributed by atoms with Crippen LogP contribution in [0, 0.1) is 11.8 Å². The van der Waals surface area contributed by atoms with Gasteiger partial charge in [-0.15, -0.1) is 0 Å². The molecule has 1 aliphatic carbocycles. The lowest BCUT2D eigenvalue weighted by atomic mass is 9.77. The van der Waals surface area contributed by atoms with Gasteiger partial charge < -0.3 is 19.5 Å². The lowest BCUT2D eigenvalue weighted by Crippen LogP contribution is -2.51. The zero-order valence-electron chi connectivity index (χ0n) is 18.6. The molecule has 0 bridgehead atoms. The van der Waals surface area contributed by atoms with E-state index in [1.807, 2.05) is 18.2 Å². The van der Waals surface area contributed by atoms with E-state index < -0.39 is 12.1 Å². The number of likely N-dealkylation sites (tertiary alicyclic amines) is 1. The van der Waals surface area contributed by atoms with Crippen molar-refractivity contribution in [2.24, 2.45) is 11.8 Å². The van der Waals surface area contributed by atoms with Crippen LogP contribution in [0.4, 0.5) is 13.2 Å². The fraction of sp³-hybridized carbons (Fsp3) is 0.696. The lowest BCUT2D eigenvalue weighted by molar-refractivity contribution is -0.192. The predicted molar refractivity (Wildman–Crippen MR) is 112 cm³/mol. The molecule has 7 nitrogen and oxygen atoms in total. The third kappa shape index (κ3) is 6.89. The highest BCUT2D eigenvalue weighted by Gasteiger charge is 2.47. The predicted octanol–water partition coefficient (Wildman–Crippen LogP) is 3.82. The van der Waals surface area contributed by atoms with Crippen LogP contribution in [0.1, 0.15) is 50.6 Å². The van der Waals surface area contributed by atoms with Crippen LogP contribution in [-0.4, -0.2) is 64.9 Å². The lowest BCUT2D eigenvalue weighted by Gasteiger charge is -2.43. The van der Waals surface area contributed by atoms with Gasteiger partial charge in [0.1, 0.15) is 0 Å². The number of rotatable bonds is 6. The molecule has 10 heteroatoms. The van der Waals surface area contributed by atoms with Crippen molar-refractivity contribution >= 4 is 11.9 Å². The number of hydrogen-bond donors (Lipinski definition) is 1. The highest BCUT2D eigenvalue weighted by Crippen LogP contribution is 2.43. The van der Waals surface area contributed by atoms with Crippen LogP contribution in [0.5, 0.6) is 0 Å². The van der Waals surface area contributed by atoms with Crippen molar-refractivity contribution in [3.05, 3.63) is 30.1 Å². The summed E-state index contributed by atoms with van der Waals surface area (Å²) in [6, 6.07) is 5.91. The minimum Gasteiger partial charge on any atom is -0.475 e. The van der Waals surface area contributed by atoms with Gasteiger partial charge >= 0.3 is 12.1 Å². The number of carboxylic acid groups (broad SMARTS) is 1. The number of pyridine rings is 1. The molecule has 2 saturated heterocycles. The number of amides is 1. The first-order valence-corrected chi connectivity index (χ1v) is 11.4. The molecule has 1 atom stereocenters. The molecule has 184 valence electrons. The average molecular weight is 473 g/mol. The molecule has 33 heavy (non-hydrogen) atoms.